The average molecular weight is 525 g/mol. The van der Waals surface area contributed by atoms with E-state index in [1.165, 1.54) is 6.07 Å². The average Bonchev–Trinajstić information content (AvgIpc) is 3.40. The number of pyridine rings is 1. The Bertz CT molecular complexity index is 1290. The monoisotopic (exact) mass is 524 g/mol. The van der Waals surface area contributed by atoms with E-state index < -0.39 is 0 Å². The van der Waals surface area contributed by atoms with Crippen LogP contribution in [-0.2, 0) is 6.54 Å². The van der Waals surface area contributed by atoms with E-state index in [4.69, 9.17) is 16.0 Å². The lowest BCUT2D eigenvalue weighted by atomic mass is 9.89. The Labute approximate surface area is 223 Å². The lowest BCUT2D eigenvalue weighted by Crippen LogP contribution is -2.42. The fourth-order valence-corrected chi connectivity index (χ4v) is 5.71. The third kappa shape index (κ3) is 5.94. The lowest BCUT2D eigenvalue weighted by molar-refractivity contribution is 0.0950. The molecule has 1 fully saturated rings. The van der Waals surface area contributed by atoms with E-state index in [9.17, 15) is 9.59 Å². The van der Waals surface area contributed by atoms with Crippen molar-refractivity contribution in [2.75, 3.05) is 25.5 Å². The van der Waals surface area contributed by atoms with Crippen LogP contribution in [0.2, 0.25) is 5.02 Å². The van der Waals surface area contributed by atoms with Crippen LogP contribution in [0.5, 0.6) is 0 Å². The number of furan rings is 1. The maximum absolute atomic E-state index is 13.4. The van der Waals surface area contributed by atoms with Gasteiger partial charge in [0.2, 0.25) is 0 Å². The van der Waals surface area contributed by atoms with E-state index in [1.54, 1.807) is 24.5 Å². The molecular weight excluding hydrogens is 488 g/mol. The second-order valence-corrected chi connectivity index (χ2v) is 10.6. The SMILES string of the molecule is CCN(c1cc(Cl)cc(C(=O)NCc2c(-c3ccco3)[nH]c(C)cc2=O)c1C)[C@H]1CC[C@H](N(C)C)CC1. The first-order valence-electron chi connectivity index (χ1n) is 13.0. The van der Waals surface area contributed by atoms with Crippen LogP contribution in [0.3, 0.4) is 0 Å². The van der Waals surface area contributed by atoms with Crippen LogP contribution in [0.4, 0.5) is 5.69 Å². The van der Waals surface area contributed by atoms with E-state index in [1.807, 2.05) is 19.9 Å². The second-order valence-electron chi connectivity index (χ2n) is 10.1. The number of aromatic nitrogens is 1. The van der Waals surface area contributed by atoms with E-state index in [2.05, 4.69) is 41.1 Å². The van der Waals surface area contributed by atoms with Gasteiger partial charge in [-0.3, -0.25) is 9.59 Å². The van der Waals surface area contributed by atoms with Gasteiger partial charge >= 0.3 is 0 Å². The van der Waals surface area contributed by atoms with Gasteiger partial charge in [0.15, 0.2) is 11.2 Å². The summed E-state index contributed by atoms with van der Waals surface area (Å²) in [6.45, 7) is 6.85. The van der Waals surface area contributed by atoms with Gasteiger partial charge in [0, 0.05) is 58.8 Å². The van der Waals surface area contributed by atoms with Crippen LogP contribution < -0.4 is 15.6 Å². The molecule has 37 heavy (non-hydrogen) atoms. The van der Waals surface area contributed by atoms with Crippen LogP contribution in [0.15, 0.2) is 45.8 Å². The van der Waals surface area contributed by atoms with Crippen LogP contribution in [0, 0.1) is 13.8 Å². The third-order valence-electron chi connectivity index (χ3n) is 7.54. The summed E-state index contributed by atoms with van der Waals surface area (Å²) in [5, 5.41) is 3.47. The zero-order valence-corrected chi connectivity index (χ0v) is 23.1. The van der Waals surface area contributed by atoms with Gasteiger partial charge in [-0.1, -0.05) is 11.6 Å². The predicted molar refractivity (Wildman–Crippen MR) is 150 cm³/mol. The normalized spacial score (nSPS) is 17.7. The Balaban J connectivity index is 1.57. The van der Waals surface area contributed by atoms with E-state index in [-0.39, 0.29) is 17.9 Å². The van der Waals surface area contributed by atoms with Gasteiger partial charge in [0.25, 0.3) is 5.91 Å². The topological polar surface area (TPSA) is 81.6 Å². The van der Waals surface area contributed by atoms with Crippen molar-refractivity contribution < 1.29 is 9.21 Å². The highest BCUT2D eigenvalue weighted by atomic mass is 35.5. The first-order valence-corrected chi connectivity index (χ1v) is 13.4. The van der Waals surface area contributed by atoms with Crippen molar-refractivity contribution in [3.8, 4) is 11.5 Å². The zero-order valence-electron chi connectivity index (χ0n) is 22.4. The Morgan fingerprint density at radius 2 is 1.84 bits per heavy atom. The summed E-state index contributed by atoms with van der Waals surface area (Å²) in [5.41, 5.74) is 4.00. The molecule has 0 unspecified atom stereocenters. The van der Waals surface area contributed by atoms with Gasteiger partial charge in [0.05, 0.1) is 12.0 Å². The molecule has 198 valence electrons. The van der Waals surface area contributed by atoms with Gasteiger partial charge in [-0.2, -0.15) is 0 Å². The molecule has 0 aliphatic heterocycles. The molecular formula is C29H37ClN4O3. The molecule has 1 amide bonds. The number of H-pyrrole nitrogens is 1. The standard InChI is InChI=1S/C29H37ClN4O3/c1-6-34(22-11-9-21(10-12-22)33(4)5)25-16-20(30)15-23(19(25)3)29(36)31-17-24-26(35)14-18(2)32-28(24)27-8-7-13-37-27/h7-8,13-16,21-22H,6,9-12,17H2,1-5H3,(H,31,36)(H,32,35)/t21-,22-. The molecule has 1 aromatic carbocycles. The van der Waals surface area contributed by atoms with Crippen molar-refractivity contribution >= 4 is 23.2 Å². The van der Waals surface area contributed by atoms with Gasteiger partial charge in [-0.05, 0) is 90.4 Å². The number of amides is 1. The highest BCUT2D eigenvalue weighted by Crippen LogP contribution is 2.34. The summed E-state index contributed by atoms with van der Waals surface area (Å²) in [6.07, 6.45) is 6.09. The van der Waals surface area contributed by atoms with E-state index in [0.29, 0.717) is 39.7 Å². The third-order valence-corrected chi connectivity index (χ3v) is 7.76. The van der Waals surface area contributed by atoms with Crippen LogP contribution in [-0.4, -0.2) is 48.5 Å². The Morgan fingerprint density at radius 3 is 2.46 bits per heavy atom. The molecule has 0 radical (unpaired) electrons. The molecule has 1 saturated carbocycles. The van der Waals surface area contributed by atoms with Crippen molar-refractivity contribution in [3.05, 3.63) is 74.2 Å². The van der Waals surface area contributed by atoms with E-state index >= 15 is 0 Å². The highest BCUT2D eigenvalue weighted by Gasteiger charge is 2.28. The molecule has 8 heteroatoms. The molecule has 1 aliphatic rings. The smallest absolute Gasteiger partial charge is 0.251 e. The summed E-state index contributed by atoms with van der Waals surface area (Å²) in [4.78, 5) is 34.1. The Morgan fingerprint density at radius 1 is 1.14 bits per heavy atom. The summed E-state index contributed by atoms with van der Waals surface area (Å²) in [5.74, 6) is 0.285. The molecule has 3 aromatic rings. The number of anilines is 1. The first-order chi connectivity index (χ1) is 17.7. The predicted octanol–water partition coefficient (Wildman–Crippen LogP) is 5.53. The molecule has 2 N–H and O–H groups in total. The number of aromatic amines is 1. The quantitative estimate of drug-likeness (QED) is 0.404. The van der Waals surface area contributed by atoms with Gasteiger partial charge in [-0.15, -0.1) is 0 Å². The summed E-state index contributed by atoms with van der Waals surface area (Å²) >= 11 is 6.54. The maximum Gasteiger partial charge on any atom is 0.251 e. The van der Waals surface area contributed by atoms with E-state index in [0.717, 1.165) is 49.2 Å². The zero-order chi connectivity index (χ0) is 26.7. The molecule has 2 heterocycles. The number of halogens is 1. The van der Waals surface area contributed by atoms with Crippen LogP contribution >= 0.6 is 11.6 Å². The minimum absolute atomic E-state index is 0.0673. The number of carbonyl (C=O) groups is 1. The van der Waals surface area contributed by atoms with Crippen molar-refractivity contribution in [1.29, 1.82) is 0 Å². The number of rotatable bonds is 8. The minimum atomic E-state index is -0.265. The van der Waals surface area contributed by atoms with Crippen molar-refractivity contribution in [2.24, 2.45) is 0 Å². The number of aryl methyl sites for hydroxylation is 1. The molecule has 0 saturated heterocycles. The maximum atomic E-state index is 13.4. The molecule has 0 spiro atoms. The Hall–Kier alpha value is -3.03. The largest absolute Gasteiger partial charge is 0.463 e. The second kappa shape index (κ2) is 11.6. The van der Waals surface area contributed by atoms with Gasteiger partial charge < -0.3 is 24.5 Å². The Kier molecular flexibility index (Phi) is 8.45. The highest BCUT2D eigenvalue weighted by molar-refractivity contribution is 6.31. The minimum Gasteiger partial charge on any atom is -0.463 e. The number of nitrogens with zero attached hydrogens (tertiary/aromatic N) is 2. The molecule has 1 aliphatic carbocycles. The fourth-order valence-electron chi connectivity index (χ4n) is 5.50. The molecule has 4 rings (SSSR count). The lowest BCUT2D eigenvalue weighted by Gasteiger charge is -2.40. The number of hydrogen-bond acceptors (Lipinski definition) is 5. The van der Waals surface area contributed by atoms with Crippen LogP contribution in [0.25, 0.3) is 11.5 Å². The van der Waals surface area contributed by atoms with Crippen LogP contribution in [0.1, 0.15) is 59.8 Å². The van der Waals surface area contributed by atoms with Crippen molar-refractivity contribution in [3.63, 3.8) is 0 Å². The molecule has 0 atom stereocenters. The van der Waals surface area contributed by atoms with Crippen molar-refractivity contribution in [1.82, 2.24) is 15.2 Å². The molecule has 0 bridgehead atoms. The summed E-state index contributed by atoms with van der Waals surface area (Å²) in [6, 6.07) is 9.79. The fraction of sp³-hybridized carbons (Fsp3) is 0.448. The molecule has 2 aromatic heterocycles. The number of carbonyl (C=O) groups excluding carboxylic acids is 1. The summed E-state index contributed by atoms with van der Waals surface area (Å²) < 4.78 is 5.52. The number of hydrogen-bond donors (Lipinski definition) is 2. The van der Waals surface area contributed by atoms with Gasteiger partial charge in [-0.25, -0.2) is 0 Å². The summed E-state index contributed by atoms with van der Waals surface area (Å²) in [7, 11) is 4.30. The van der Waals surface area contributed by atoms with Crippen molar-refractivity contribution in [2.45, 2.75) is 65.1 Å². The van der Waals surface area contributed by atoms with Gasteiger partial charge in [0.1, 0.15) is 0 Å². The number of benzene rings is 1. The number of nitrogens with one attached hydrogen (secondary N) is 2. The molecule has 7 nitrogen and oxygen atoms in total. The first kappa shape index (κ1) is 27.0.